The Morgan fingerprint density at radius 1 is 1.35 bits per heavy atom. The van der Waals surface area contributed by atoms with Crippen molar-refractivity contribution in [1.29, 1.82) is 0 Å². The molecule has 0 spiro atoms. The van der Waals surface area contributed by atoms with Gasteiger partial charge in [-0.1, -0.05) is 18.2 Å². The number of carbonyl (C=O) groups excluding carboxylic acids is 1. The van der Waals surface area contributed by atoms with E-state index in [1.165, 1.54) is 11.0 Å². The fourth-order valence-electron chi connectivity index (χ4n) is 2.21. The van der Waals surface area contributed by atoms with Crippen molar-refractivity contribution in [3.63, 3.8) is 0 Å². The van der Waals surface area contributed by atoms with Gasteiger partial charge < -0.3 is 11.1 Å². The van der Waals surface area contributed by atoms with Crippen LogP contribution >= 0.6 is 0 Å². The van der Waals surface area contributed by atoms with E-state index in [2.05, 4.69) is 15.5 Å². The van der Waals surface area contributed by atoms with Gasteiger partial charge in [0.15, 0.2) is 5.69 Å². The van der Waals surface area contributed by atoms with Crippen LogP contribution in [0.4, 0.5) is 0 Å². The lowest BCUT2D eigenvalue weighted by atomic mass is 9.78. The Balaban J connectivity index is 1.66. The number of benzene rings is 1. The van der Waals surface area contributed by atoms with Gasteiger partial charge in [-0.25, -0.2) is 0 Å². The molecule has 0 radical (unpaired) electrons. The summed E-state index contributed by atoms with van der Waals surface area (Å²) in [4.78, 5) is 13.4. The van der Waals surface area contributed by atoms with Gasteiger partial charge in [0, 0.05) is 12.1 Å². The van der Waals surface area contributed by atoms with E-state index in [0.29, 0.717) is 12.2 Å². The molecule has 20 heavy (non-hydrogen) atoms. The monoisotopic (exact) mass is 271 g/mol. The second-order valence-corrected chi connectivity index (χ2v) is 5.25. The second-order valence-electron chi connectivity index (χ2n) is 5.25. The van der Waals surface area contributed by atoms with Crippen molar-refractivity contribution in [1.82, 2.24) is 20.3 Å². The van der Waals surface area contributed by atoms with Crippen LogP contribution in [0.25, 0.3) is 5.69 Å². The minimum absolute atomic E-state index is 0.231. The first-order chi connectivity index (χ1) is 9.66. The molecular weight excluding hydrogens is 254 g/mol. The van der Waals surface area contributed by atoms with E-state index < -0.39 is 0 Å². The smallest absolute Gasteiger partial charge is 0.273 e. The topological polar surface area (TPSA) is 85.8 Å². The van der Waals surface area contributed by atoms with Crippen LogP contribution in [0.3, 0.4) is 0 Å². The number of carbonyl (C=O) groups is 1. The largest absolute Gasteiger partial charge is 0.349 e. The molecule has 1 aromatic carbocycles. The molecule has 104 valence electrons. The quantitative estimate of drug-likeness (QED) is 0.864. The maximum Gasteiger partial charge on any atom is 0.273 e. The maximum absolute atomic E-state index is 12.0. The molecule has 3 rings (SSSR count). The zero-order valence-electron chi connectivity index (χ0n) is 11.1. The number of amides is 1. The summed E-state index contributed by atoms with van der Waals surface area (Å²) in [5.41, 5.74) is 6.96. The van der Waals surface area contributed by atoms with E-state index in [9.17, 15) is 4.79 Å². The zero-order valence-corrected chi connectivity index (χ0v) is 11.1. The lowest BCUT2D eigenvalue weighted by molar-refractivity contribution is 0.0924. The molecule has 1 heterocycles. The molecule has 2 aromatic rings. The fourth-order valence-corrected chi connectivity index (χ4v) is 2.21. The predicted molar refractivity (Wildman–Crippen MR) is 74.5 cm³/mol. The highest BCUT2D eigenvalue weighted by Gasteiger charge is 2.32. The van der Waals surface area contributed by atoms with Gasteiger partial charge in [-0.3, -0.25) is 4.79 Å². The Morgan fingerprint density at radius 2 is 2.10 bits per heavy atom. The minimum Gasteiger partial charge on any atom is -0.349 e. The summed E-state index contributed by atoms with van der Waals surface area (Å²) in [6, 6.07) is 9.47. The van der Waals surface area contributed by atoms with Gasteiger partial charge in [-0.15, -0.1) is 5.10 Å². The third-order valence-electron chi connectivity index (χ3n) is 3.66. The molecule has 0 atom stereocenters. The fraction of sp³-hybridized carbons (Fsp3) is 0.357. The van der Waals surface area contributed by atoms with Crippen LogP contribution in [0.15, 0.2) is 36.5 Å². The molecule has 0 bridgehead atoms. The molecular formula is C14H17N5O. The standard InChI is InChI=1S/C14H17N5O/c15-14(7-4-8-14)10-16-13(20)12-9-17-19(18-12)11-5-2-1-3-6-11/h1-3,5-6,9H,4,7-8,10,15H2,(H,16,20). The highest BCUT2D eigenvalue weighted by Crippen LogP contribution is 2.28. The Hall–Kier alpha value is -2.21. The van der Waals surface area contributed by atoms with Crippen molar-refractivity contribution in [2.75, 3.05) is 6.54 Å². The highest BCUT2D eigenvalue weighted by atomic mass is 16.2. The predicted octanol–water partition coefficient (Wildman–Crippen LogP) is 0.878. The highest BCUT2D eigenvalue weighted by molar-refractivity contribution is 5.91. The van der Waals surface area contributed by atoms with Gasteiger partial charge in [-0.05, 0) is 31.4 Å². The average molecular weight is 271 g/mol. The summed E-state index contributed by atoms with van der Waals surface area (Å²) in [7, 11) is 0. The normalized spacial score (nSPS) is 16.4. The van der Waals surface area contributed by atoms with Gasteiger partial charge in [0.2, 0.25) is 0 Å². The number of nitrogens with one attached hydrogen (secondary N) is 1. The number of hydrogen-bond acceptors (Lipinski definition) is 4. The first-order valence-electron chi connectivity index (χ1n) is 6.71. The maximum atomic E-state index is 12.0. The molecule has 1 aromatic heterocycles. The van der Waals surface area contributed by atoms with Gasteiger partial charge in [-0.2, -0.15) is 9.90 Å². The van der Waals surface area contributed by atoms with E-state index in [0.717, 1.165) is 24.9 Å². The number of aromatic nitrogens is 3. The molecule has 1 aliphatic carbocycles. The van der Waals surface area contributed by atoms with Gasteiger partial charge in [0.25, 0.3) is 5.91 Å². The Morgan fingerprint density at radius 3 is 2.75 bits per heavy atom. The summed E-state index contributed by atoms with van der Waals surface area (Å²) in [6.07, 6.45) is 4.52. The number of para-hydroxylation sites is 1. The Bertz CT molecular complexity index is 603. The van der Waals surface area contributed by atoms with E-state index in [4.69, 9.17) is 5.73 Å². The molecule has 0 aliphatic heterocycles. The summed E-state index contributed by atoms with van der Waals surface area (Å²) < 4.78 is 0. The van der Waals surface area contributed by atoms with E-state index in [1.54, 1.807) is 0 Å². The van der Waals surface area contributed by atoms with Crippen molar-refractivity contribution in [3.8, 4) is 5.69 Å². The van der Waals surface area contributed by atoms with Crippen molar-refractivity contribution >= 4 is 5.91 Å². The van der Waals surface area contributed by atoms with Gasteiger partial charge >= 0.3 is 0 Å². The minimum atomic E-state index is -0.232. The lowest BCUT2D eigenvalue weighted by Crippen LogP contribution is -2.54. The molecule has 0 unspecified atom stereocenters. The molecule has 1 fully saturated rings. The summed E-state index contributed by atoms with van der Waals surface area (Å²) in [6.45, 7) is 0.490. The van der Waals surface area contributed by atoms with E-state index >= 15 is 0 Å². The molecule has 1 aliphatic rings. The number of hydrogen-bond donors (Lipinski definition) is 2. The Kier molecular flexibility index (Phi) is 3.23. The third kappa shape index (κ3) is 2.55. The van der Waals surface area contributed by atoms with Crippen molar-refractivity contribution in [3.05, 3.63) is 42.2 Å². The molecule has 0 saturated heterocycles. The SMILES string of the molecule is NC1(CNC(=O)c2cnn(-c3ccccc3)n2)CCC1. The second kappa shape index (κ2) is 5.05. The van der Waals surface area contributed by atoms with Crippen molar-refractivity contribution in [2.24, 2.45) is 5.73 Å². The first kappa shape index (κ1) is 12.8. The molecule has 3 N–H and O–H groups in total. The molecule has 6 nitrogen and oxygen atoms in total. The molecule has 1 saturated carbocycles. The Labute approximate surface area is 117 Å². The van der Waals surface area contributed by atoms with Crippen molar-refractivity contribution < 1.29 is 4.79 Å². The van der Waals surface area contributed by atoms with Gasteiger partial charge in [0.05, 0.1) is 11.9 Å². The van der Waals surface area contributed by atoms with Gasteiger partial charge in [0.1, 0.15) is 0 Å². The first-order valence-corrected chi connectivity index (χ1v) is 6.71. The van der Waals surface area contributed by atoms with E-state index in [1.807, 2.05) is 30.3 Å². The summed E-state index contributed by atoms with van der Waals surface area (Å²) >= 11 is 0. The van der Waals surface area contributed by atoms with Crippen LogP contribution in [-0.4, -0.2) is 33.0 Å². The van der Waals surface area contributed by atoms with Crippen molar-refractivity contribution in [2.45, 2.75) is 24.8 Å². The van der Waals surface area contributed by atoms with Crippen LogP contribution in [-0.2, 0) is 0 Å². The summed E-state index contributed by atoms with van der Waals surface area (Å²) in [5.74, 6) is -0.232. The number of nitrogens with zero attached hydrogens (tertiary/aromatic N) is 3. The summed E-state index contributed by atoms with van der Waals surface area (Å²) in [5, 5.41) is 11.1. The van der Waals surface area contributed by atoms with Crippen LogP contribution in [0.1, 0.15) is 29.8 Å². The average Bonchev–Trinajstić information content (AvgIpc) is 2.93. The van der Waals surface area contributed by atoms with Crippen LogP contribution < -0.4 is 11.1 Å². The molecule has 6 heteroatoms. The third-order valence-corrected chi connectivity index (χ3v) is 3.66. The number of rotatable bonds is 4. The van der Waals surface area contributed by atoms with Crippen LogP contribution in [0.5, 0.6) is 0 Å². The number of nitrogens with two attached hydrogens (primary N) is 1. The zero-order chi connectivity index (χ0) is 14.0. The lowest BCUT2D eigenvalue weighted by Gasteiger charge is -2.37. The van der Waals surface area contributed by atoms with Crippen LogP contribution in [0, 0.1) is 0 Å². The van der Waals surface area contributed by atoms with E-state index in [-0.39, 0.29) is 11.4 Å². The molecule has 1 amide bonds. The van der Waals surface area contributed by atoms with Crippen LogP contribution in [0.2, 0.25) is 0 Å².